The van der Waals surface area contributed by atoms with Gasteiger partial charge in [0.1, 0.15) is 0 Å². The first-order chi connectivity index (χ1) is 11.6. The number of unbranched alkanes of at least 4 members (excludes halogenated alkanes) is 16. The lowest BCUT2D eigenvalue weighted by molar-refractivity contribution is 0.374. The summed E-state index contributed by atoms with van der Waals surface area (Å²) in [6, 6.07) is 0. The van der Waals surface area contributed by atoms with Crippen LogP contribution in [0.2, 0.25) is 0 Å². The van der Waals surface area contributed by atoms with Crippen LogP contribution in [0.1, 0.15) is 136 Å². The molecule has 2 nitrogen and oxygen atoms in total. The van der Waals surface area contributed by atoms with Crippen LogP contribution in [-0.4, -0.2) is 5.66 Å². The van der Waals surface area contributed by atoms with E-state index in [-0.39, 0.29) is 0 Å². The SMILES string of the molecule is CCCCCCCCCCCCCCCCCCCC(N)(N)CC. The van der Waals surface area contributed by atoms with Crippen molar-refractivity contribution in [3.8, 4) is 0 Å². The topological polar surface area (TPSA) is 52.0 Å². The molecule has 0 amide bonds. The molecule has 0 radical (unpaired) electrons. The van der Waals surface area contributed by atoms with E-state index in [4.69, 9.17) is 11.5 Å². The van der Waals surface area contributed by atoms with Crippen LogP contribution in [0.25, 0.3) is 0 Å². The van der Waals surface area contributed by atoms with Gasteiger partial charge in [0.25, 0.3) is 0 Å². The fourth-order valence-corrected chi connectivity index (χ4v) is 3.36. The fourth-order valence-electron chi connectivity index (χ4n) is 3.36. The number of hydrogen-bond donors (Lipinski definition) is 2. The first-order valence-corrected chi connectivity index (χ1v) is 11.2. The van der Waals surface area contributed by atoms with Crippen molar-refractivity contribution in [1.82, 2.24) is 0 Å². The van der Waals surface area contributed by atoms with Crippen molar-refractivity contribution in [2.75, 3.05) is 0 Å². The van der Waals surface area contributed by atoms with Crippen molar-refractivity contribution in [3.63, 3.8) is 0 Å². The Labute approximate surface area is 153 Å². The van der Waals surface area contributed by atoms with Crippen LogP contribution < -0.4 is 11.5 Å². The lowest BCUT2D eigenvalue weighted by Gasteiger charge is -2.22. The average molecular weight is 341 g/mol. The molecule has 146 valence electrons. The molecule has 0 atom stereocenters. The number of rotatable bonds is 19. The van der Waals surface area contributed by atoms with Gasteiger partial charge in [0.15, 0.2) is 0 Å². The first kappa shape index (κ1) is 23.9. The van der Waals surface area contributed by atoms with Gasteiger partial charge in [-0.3, -0.25) is 0 Å². The Kier molecular flexibility index (Phi) is 17.7. The maximum absolute atomic E-state index is 5.96. The third-order valence-electron chi connectivity index (χ3n) is 5.40. The Morgan fingerprint density at radius 3 is 1.04 bits per heavy atom. The predicted octanol–water partition coefficient (Wildman–Crippen LogP) is 7.05. The Hall–Kier alpha value is -0.0800. The molecule has 0 aromatic carbocycles. The summed E-state index contributed by atoms with van der Waals surface area (Å²) in [7, 11) is 0. The molecule has 24 heavy (non-hydrogen) atoms. The van der Waals surface area contributed by atoms with E-state index >= 15 is 0 Å². The zero-order valence-electron chi connectivity index (χ0n) is 17.1. The molecule has 4 N–H and O–H groups in total. The highest BCUT2D eigenvalue weighted by atomic mass is 14.9. The van der Waals surface area contributed by atoms with Crippen LogP contribution in [0.4, 0.5) is 0 Å². The second-order valence-corrected chi connectivity index (χ2v) is 7.99. The molecule has 0 aliphatic rings. The van der Waals surface area contributed by atoms with Crippen molar-refractivity contribution >= 4 is 0 Å². The van der Waals surface area contributed by atoms with Crippen LogP contribution in [0.15, 0.2) is 0 Å². The third-order valence-corrected chi connectivity index (χ3v) is 5.40. The van der Waals surface area contributed by atoms with E-state index in [9.17, 15) is 0 Å². The van der Waals surface area contributed by atoms with Gasteiger partial charge in [0.05, 0.1) is 5.66 Å². The molecule has 0 spiro atoms. The summed E-state index contributed by atoms with van der Waals surface area (Å²) < 4.78 is 0. The highest BCUT2D eigenvalue weighted by molar-refractivity contribution is 4.73. The molecule has 0 aromatic rings. The molecule has 0 saturated carbocycles. The molecule has 0 rings (SSSR count). The standard InChI is InChI=1S/C22H48N2/c1-3-5-6-7-8-9-10-11-12-13-14-15-16-17-18-19-20-21-22(23,24)4-2/h3-21,23-24H2,1-2H3. The van der Waals surface area contributed by atoms with E-state index in [1.165, 1.54) is 109 Å². The summed E-state index contributed by atoms with van der Waals surface area (Å²) in [5, 5.41) is 0. The quantitative estimate of drug-likeness (QED) is 0.195. The Bertz CT molecular complexity index is 238. The first-order valence-electron chi connectivity index (χ1n) is 11.2. The highest BCUT2D eigenvalue weighted by Crippen LogP contribution is 2.15. The van der Waals surface area contributed by atoms with Crippen molar-refractivity contribution in [1.29, 1.82) is 0 Å². The summed E-state index contributed by atoms with van der Waals surface area (Å²) >= 11 is 0. The van der Waals surface area contributed by atoms with E-state index in [1.54, 1.807) is 0 Å². The molecular weight excluding hydrogens is 292 g/mol. The number of nitrogens with two attached hydrogens (primary N) is 2. The monoisotopic (exact) mass is 340 g/mol. The maximum atomic E-state index is 5.96. The van der Waals surface area contributed by atoms with E-state index in [1.807, 2.05) is 0 Å². The van der Waals surface area contributed by atoms with Crippen molar-refractivity contribution in [3.05, 3.63) is 0 Å². The minimum Gasteiger partial charge on any atom is -0.314 e. The zero-order valence-corrected chi connectivity index (χ0v) is 17.1. The van der Waals surface area contributed by atoms with Crippen molar-refractivity contribution < 1.29 is 0 Å². The Morgan fingerprint density at radius 2 is 0.750 bits per heavy atom. The van der Waals surface area contributed by atoms with Gasteiger partial charge in [-0.05, 0) is 12.8 Å². The highest BCUT2D eigenvalue weighted by Gasteiger charge is 2.14. The Morgan fingerprint density at radius 1 is 0.458 bits per heavy atom. The van der Waals surface area contributed by atoms with Gasteiger partial charge in [-0.1, -0.05) is 123 Å². The van der Waals surface area contributed by atoms with Crippen LogP contribution in [-0.2, 0) is 0 Å². The second-order valence-electron chi connectivity index (χ2n) is 7.99. The summed E-state index contributed by atoms with van der Waals surface area (Å²) in [4.78, 5) is 0. The lowest BCUT2D eigenvalue weighted by atomic mass is 9.99. The normalized spacial score (nSPS) is 12.0. The molecule has 0 bridgehead atoms. The van der Waals surface area contributed by atoms with Crippen molar-refractivity contribution in [2.45, 2.75) is 142 Å². The van der Waals surface area contributed by atoms with Crippen LogP contribution in [0, 0.1) is 0 Å². The van der Waals surface area contributed by atoms with E-state index in [0.29, 0.717) is 0 Å². The van der Waals surface area contributed by atoms with E-state index in [0.717, 1.165) is 12.8 Å². The van der Waals surface area contributed by atoms with Gasteiger partial charge in [-0.25, -0.2) is 0 Å². The number of hydrogen-bond acceptors (Lipinski definition) is 2. The molecule has 0 aliphatic carbocycles. The fraction of sp³-hybridized carbons (Fsp3) is 1.00. The van der Waals surface area contributed by atoms with E-state index in [2.05, 4.69) is 13.8 Å². The second kappa shape index (κ2) is 17.7. The minimum atomic E-state index is -0.421. The zero-order chi connectivity index (χ0) is 17.9. The Balaban J connectivity index is 3.05. The van der Waals surface area contributed by atoms with E-state index < -0.39 is 5.66 Å². The van der Waals surface area contributed by atoms with Crippen LogP contribution in [0.3, 0.4) is 0 Å². The summed E-state index contributed by atoms with van der Waals surface area (Å²) in [6.45, 7) is 4.37. The van der Waals surface area contributed by atoms with Gasteiger partial charge in [0.2, 0.25) is 0 Å². The maximum Gasteiger partial charge on any atom is 0.0633 e. The molecule has 0 saturated heterocycles. The minimum absolute atomic E-state index is 0.421. The van der Waals surface area contributed by atoms with Crippen molar-refractivity contribution in [2.24, 2.45) is 11.5 Å². The largest absolute Gasteiger partial charge is 0.314 e. The summed E-state index contributed by atoms with van der Waals surface area (Å²) in [5.74, 6) is 0. The van der Waals surface area contributed by atoms with Gasteiger partial charge in [-0.15, -0.1) is 0 Å². The molecule has 0 aliphatic heterocycles. The molecule has 0 unspecified atom stereocenters. The van der Waals surface area contributed by atoms with Crippen LogP contribution >= 0.6 is 0 Å². The van der Waals surface area contributed by atoms with Gasteiger partial charge >= 0.3 is 0 Å². The third kappa shape index (κ3) is 18.3. The van der Waals surface area contributed by atoms with Gasteiger partial charge in [-0.2, -0.15) is 0 Å². The van der Waals surface area contributed by atoms with Crippen LogP contribution in [0.5, 0.6) is 0 Å². The average Bonchev–Trinajstić information content (AvgIpc) is 2.57. The van der Waals surface area contributed by atoms with Gasteiger partial charge < -0.3 is 11.5 Å². The summed E-state index contributed by atoms with van der Waals surface area (Å²) in [6.07, 6.45) is 25.9. The smallest absolute Gasteiger partial charge is 0.0633 e. The molecular formula is C22H48N2. The molecule has 0 aromatic heterocycles. The molecule has 2 heteroatoms. The molecule has 0 heterocycles. The summed E-state index contributed by atoms with van der Waals surface area (Å²) in [5.41, 5.74) is 11.5. The van der Waals surface area contributed by atoms with Gasteiger partial charge in [0, 0.05) is 0 Å². The lowest BCUT2D eigenvalue weighted by Crippen LogP contribution is -2.48. The predicted molar refractivity (Wildman–Crippen MR) is 110 cm³/mol. The molecule has 0 fully saturated rings.